The van der Waals surface area contributed by atoms with Gasteiger partial charge in [-0.2, -0.15) is 5.10 Å². The van der Waals surface area contributed by atoms with Crippen LogP contribution in [0.5, 0.6) is 5.75 Å². The molecule has 7 heteroatoms. The third-order valence-electron chi connectivity index (χ3n) is 2.42. The smallest absolute Gasteiger partial charge is 0.268 e. The number of nitrogens with one attached hydrogen (secondary N) is 1. The lowest BCUT2D eigenvalue weighted by Crippen LogP contribution is -2.12. The van der Waals surface area contributed by atoms with E-state index in [1.54, 1.807) is 17.1 Å². The van der Waals surface area contributed by atoms with Crippen LogP contribution < -0.4 is 10.3 Å². The molecule has 0 saturated carbocycles. The lowest BCUT2D eigenvalue weighted by Gasteiger charge is -2.02. The molecule has 0 atom stereocenters. The Labute approximate surface area is 106 Å². The van der Waals surface area contributed by atoms with Crippen LogP contribution in [0.3, 0.4) is 0 Å². The van der Waals surface area contributed by atoms with Crippen LogP contribution in [0, 0.1) is 0 Å². The zero-order valence-electron chi connectivity index (χ0n) is 9.58. The van der Waals surface area contributed by atoms with Crippen molar-refractivity contribution < 1.29 is 4.74 Å². The molecule has 3 heterocycles. The summed E-state index contributed by atoms with van der Waals surface area (Å²) in [6, 6.07) is 1.82. The summed E-state index contributed by atoms with van der Waals surface area (Å²) >= 11 is 1.38. The van der Waals surface area contributed by atoms with Crippen LogP contribution in [0.4, 0.5) is 0 Å². The van der Waals surface area contributed by atoms with Crippen molar-refractivity contribution in [2.24, 2.45) is 7.05 Å². The van der Waals surface area contributed by atoms with Crippen LogP contribution in [-0.2, 0) is 13.7 Å². The van der Waals surface area contributed by atoms with Crippen molar-refractivity contribution in [1.29, 1.82) is 0 Å². The van der Waals surface area contributed by atoms with E-state index in [1.165, 1.54) is 11.3 Å². The Bertz CT molecular complexity index is 743. The summed E-state index contributed by atoms with van der Waals surface area (Å²) < 4.78 is 7.77. The molecule has 0 aliphatic rings. The number of aromatic amines is 1. The second-order valence-corrected chi connectivity index (χ2v) is 4.70. The fraction of sp³-hybridized carbons (Fsp3) is 0.182. The van der Waals surface area contributed by atoms with Gasteiger partial charge in [0.05, 0.1) is 17.9 Å². The highest BCUT2D eigenvalue weighted by Crippen LogP contribution is 2.14. The SMILES string of the molecule is Cn1cc(OCc2nc3ccsc3c(=O)[nH]2)cn1. The number of rotatable bonds is 3. The van der Waals surface area contributed by atoms with E-state index >= 15 is 0 Å². The second kappa shape index (κ2) is 4.26. The van der Waals surface area contributed by atoms with E-state index in [2.05, 4.69) is 15.1 Å². The van der Waals surface area contributed by atoms with E-state index in [1.807, 2.05) is 18.5 Å². The first-order chi connectivity index (χ1) is 8.72. The number of hydrogen-bond acceptors (Lipinski definition) is 5. The third kappa shape index (κ3) is 2.00. The van der Waals surface area contributed by atoms with E-state index in [0.29, 0.717) is 21.8 Å². The van der Waals surface area contributed by atoms with E-state index in [9.17, 15) is 4.79 Å². The quantitative estimate of drug-likeness (QED) is 0.772. The van der Waals surface area contributed by atoms with Crippen molar-refractivity contribution in [2.45, 2.75) is 6.61 Å². The van der Waals surface area contributed by atoms with E-state index < -0.39 is 0 Å². The monoisotopic (exact) mass is 262 g/mol. The molecule has 3 rings (SSSR count). The molecule has 0 bridgehead atoms. The molecule has 0 radical (unpaired) electrons. The van der Waals surface area contributed by atoms with Gasteiger partial charge >= 0.3 is 0 Å². The first-order valence-corrected chi connectivity index (χ1v) is 6.18. The van der Waals surface area contributed by atoms with Gasteiger partial charge in [0.25, 0.3) is 5.56 Å². The Morgan fingerprint density at radius 2 is 2.44 bits per heavy atom. The van der Waals surface area contributed by atoms with Gasteiger partial charge in [-0.15, -0.1) is 11.3 Å². The Morgan fingerprint density at radius 3 is 3.22 bits per heavy atom. The first kappa shape index (κ1) is 11.0. The maximum absolute atomic E-state index is 11.7. The molecule has 0 amide bonds. The standard InChI is InChI=1S/C11H10N4O2S/c1-15-5-7(4-12-15)17-6-9-13-8-2-3-18-10(8)11(16)14-9/h2-5H,6H2,1H3,(H,13,14,16). The summed E-state index contributed by atoms with van der Waals surface area (Å²) in [7, 11) is 1.81. The number of thiophene rings is 1. The largest absolute Gasteiger partial charge is 0.482 e. The van der Waals surface area contributed by atoms with Gasteiger partial charge in [0, 0.05) is 7.05 Å². The average molecular weight is 262 g/mol. The van der Waals surface area contributed by atoms with Crippen molar-refractivity contribution in [2.75, 3.05) is 0 Å². The fourth-order valence-electron chi connectivity index (χ4n) is 1.61. The minimum absolute atomic E-state index is 0.125. The molecular formula is C11H10N4O2S. The number of nitrogens with zero attached hydrogens (tertiary/aromatic N) is 3. The van der Waals surface area contributed by atoms with Gasteiger partial charge in [-0.1, -0.05) is 0 Å². The molecule has 0 unspecified atom stereocenters. The zero-order chi connectivity index (χ0) is 12.5. The van der Waals surface area contributed by atoms with Crippen LogP contribution in [0.15, 0.2) is 28.6 Å². The molecule has 0 fully saturated rings. The van der Waals surface area contributed by atoms with Crippen molar-refractivity contribution in [3.63, 3.8) is 0 Å². The van der Waals surface area contributed by atoms with Crippen molar-refractivity contribution in [3.8, 4) is 5.75 Å². The predicted octanol–water partition coefficient (Wildman–Crippen LogP) is 1.30. The van der Waals surface area contributed by atoms with Gasteiger partial charge in [0.2, 0.25) is 0 Å². The van der Waals surface area contributed by atoms with Gasteiger partial charge in [0.15, 0.2) is 5.75 Å². The maximum Gasteiger partial charge on any atom is 0.268 e. The molecule has 0 aliphatic carbocycles. The lowest BCUT2D eigenvalue weighted by molar-refractivity contribution is 0.296. The Kier molecular flexibility index (Phi) is 2.60. The number of aromatic nitrogens is 4. The van der Waals surface area contributed by atoms with Gasteiger partial charge in [-0.3, -0.25) is 9.48 Å². The van der Waals surface area contributed by atoms with E-state index in [4.69, 9.17) is 4.74 Å². The summed E-state index contributed by atoms with van der Waals surface area (Å²) in [5.41, 5.74) is 0.577. The van der Waals surface area contributed by atoms with Crippen LogP contribution in [-0.4, -0.2) is 19.7 Å². The molecule has 6 nitrogen and oxygen atoms in total. The van der Waals surface area contributed by atoms with Crippen molar-refractivity contribution in [1.82, 2.24) is 19.7 Å². The summed E-state index contributed by atoms with van der Waals surface area (Å²) in [6.07, 6.45) is 3.36. The second-order valence-electron chi connectivity index (χ2n) is 3.79. The van der Waals surface area contributed by atoms with Crippen LogP contribution in [0.25, 0.3) is 10.2 Å². The van der Waals surface area contributed by atoms with Crippen molar-refractivity contribution >= 4 is 21.6 Å². The number of ether oxygens (including phenoxy) is 1. The Balaban J connectivity index is 1.84. The average Bonchev–Trinajstić information content (AvgIpc) is 2.95. The molecule has 18 heavy (non-hydrogen) atoms. The maximum atomic E-state index is 11.7. The lowest BCUT2D eigenvalue weighted by atomic mass is 10.4. The summed E-state index contributed by atoms with van der Waals surface area (Å²) in [5, 5.41) is 5.84. The molecule has 3 aromatic rings. The van der Waals surface area contributed by atoms with E-state index in [-0.39, 0.29) is 12.2 Å². The Morgan fingerprint density at radius 1 is 1.56 bits per heavy atom. The number of hydrogen-bond donors (Lipinski definition) is 1. The molecular weight excluding hydrogens is 252 g/mol. The first-order valence-electron chi connectivity index (χ1n) is 5.30. The minimum Gasteiger partial charge on any atom is -0.482 e. The molecule has 1 N–H and O–H groups in total. The summed E-state index contributed by atoms with van der Waals surface area (Å²) in [4.78, 5) is 18.7. The summed E-state index contributed by atoms with van der Waals surface area (Å²) in [6.45, 7) is 0.215. The number of H-pyrrole nitrogens is 1. The highest BCUT2D eigenvalue weighted by molar-refractivity contribution is 7.17. The third-order valence-corrected chi connectivity index (χ3v) is 3.32. The van der Waals surface area contributed by atoms with E-state index in [0.717, 1.165) is 0 Å². The molecule has 3 aromatic heterocycles. The predicted molar refractivity (Wildman–Crippen MR) is 67.8 cm³/mol. The van der Waals surface area contributed by atoms with Crippen LogP contribution in [0.2, 0.25) is 0 Å². The van der Waals surface area contributed by atoms with Gasteiger partial charge in [0.1, 0.15) is 17.1 Å². The molecule has 0 aliphatic heterocycles. The normalized spacial score (nSPS) is 10.9. The Hall–Kier alpha value is -2.15. The topological polar surface area (TPSA) is 72.8 Å². The molecule has 0 saturated heterocycles. The van der Waals surface area contributed by atoms with Gasteiger partial charge in [-0.05, 0) is 11.4 Å². The highest BCUT2D eigenvalue weighted by Gasteiger charge is 2.06. The van der Waals surface area contributed by atoms with Crippen molar-refractivity contribution in [3.05, 3.63) is 40.0 Å². The summed E-state index contributed by atoms with van der Waals surface area (Å²) in [5.74, 6) is 1.15. The number of fused-ring (bicyclic) bond motifs is 1. The molecule has 0 spiro atoms. The highest BCUT2D eigenvalue weighted by atomic mass is 32.1. The van der Waals surface area contributed by atoms with Crippen LogP contribution >= 0.6 is 11.3 Å². The van der Waals surface area contributed by atoms with Gasteiger partial charge in [-0.25, -0.2) is 4.98 Å². The fourth-order valence-corrected chi connectivity index (χ4v) is 2.34. The minimum atomic E-state index is -0.125. The molecule has 0 aromatic carbocycles. The zero-order valence-corrected chi connectivity index (χ0v) is 10.4. The molecule has 92 valence electrons. The van der Waals surface area contributed by atoms with Gasteiger partial charge < -0.3 is 9.72 Å². The number of aryl methyl sites for hydroxylation is 1. The van der Waals surface area contributed by atoms with Crippen LogP contribution in [0.1, 0.15) is 5.82 Å².